The Hall–Kier alpha value is -4.82. The van der Waals surface area contributed by atoms with E-state index in [4.69, 9.17) is 32.9 Å². The molecule has 3 aromatic carbocycles. The van der Waals surface area contributed by atoms with Crippen molar-refractivity contribution in [2.24, 2.45) is 4.99 Å². The Morgan fingerprint density at radius 3 is 2.52 bits per heavy atom. The average Bonchev–Trinajstić information content (AvgIpc) is 3.77. The van der Waals surface area contributed by atoms with Gasteiger partial charge in [0.2, 0.25) is 0 Å². The van der Waals surface area contributed by atoms with Gasteiger partial charge >= 0.3 is 12.0 Å². The zero-order chi connectivity index (χ0) is 36.7. The van der Waals surface area contributed by atoms with Gasteiger partial charge in [-0.25, -0.2) is 23.4 Å². The number of amides is 2. The maximum Gasteiger partial charge on any atom is 0.338 e. The summed E-state index contributed by atoms with van der Waals surface area (Å²) < 4.78 is 35.8. The molecule has 52 heavy (non-hydrogen) atoms. The Labute approximate surface area is 312 Å². The Morgan fingerprint density at radius 1 is 1.08 bits per heavy atom. The van der Waals surface area contributed by atoms with Crippen molar-refractivity contribution in [3.8, 4) is 11.1 Å². The van der Waals surface area contributed by atoms with Crippen molar-refractivity contribution >= 4 is 63.8 Å². The molecular formula is C37H32Cl2F2N6O4S. The normalized spacial score (nSPS) is 19.0. The van der Waals surface area contributed by atoms with Gasteiger partial charge in [-0.2, -0.15) is 0 Å². The Balaban J connectivity index is 1.14. The van der Waals surface area contributed by atoms with Crippen molar-refractivity contribution < 1.29 is 28.2 Å². The summed E-state index contributed by atoms with van der Waals surface area (Å²) in [7, 11) is 0. The number of hydrogen-bond acceptors (Lipinski definition) is 9. The first kappa shape index (κ1) is 35.6. The first-order valence-electron chi connectivity index (χ1n) is 16.4. The minimum absolute atomic E-state index is 0.0197. The van der Waals surface area contributed by atoms with Crippen molar-refractivity contribution in [1.29, 1.82) is 0 Å². The first-order valence-corrected chi connectivity index (χ1v) is 18.0. The van der Waals surface area contributed by atoms with Gasteiger partial charge in [0.15, 0.2) is 10.8 Å². The number of aliphatic hydroxyl groups excluding tert-OH is 1. The number of urea groups is 1. The fourth-order valence-corrected chi connectivity index (χ4v) is 7.82. The number of nitrogens with zero attached hydrogens (tertiary/aromatic N) is 5. The molecule has 15 heteroatoms. The molecule has 0 saturated carbocycles. The number of hydrogen-bond donors (Lipinski definition) is 2. The molecule has 2 saturated heterocycles. The standard InChI is InChI=1S/C37H32Cl2F2N6O4S/c1-3-51-36(49)32-31(43-34(35-42-10-13-52-35)44-33(32)27-8-5-22(38)15-28(27)39)19-45-11-12-46-24(17-45)18-47(37(46)50)23-6-9-26(30(41)16-23)25-7-4-21(20(2)48)14-29(25)40/h4-10,13-16,24,33,48H,2-3,11-12,17-19H2,1H3,(H,43,44)/t24-,33-/m0/s1. The number of thiazole rings is 1. The maximum absolute atomic E-state index is 15.5. The minimum atomic E-state index is -0.803. The number of rotatable bonds is 9. The van der Waals surface area contributed by atoms with Crippen LogP contribution in [-0.2, 0) is 9.53 Å². The molecule has 3 aliphatic rings. The van der Waals surface area contributed by atoms with E-state index in [1.165, 1.54) is 40.5 Å². The van der Waals surface area contributed by atoms with Crippen LogP contribution in [0.25, 0.3) is 16.9 Å². The minimum Gasteiger partial charge on any atom is -0.508 e. The van der Waals surface area contributed by atoms with Crippen molar-refractivity contribution in [2.75, 3.05) is 44.2 Å². The van der Waals surface area contributed by atoms with E-state index >= 15 is 4.39 Å². The van der Waals surface area contributed by atoms with Gasteiger partial charge in [-0.05, 0) is 43.3 Å². The monoisotopic (exact) mass is 764 g/mol. The largest absolute Gasteiger partial charge is 0.508 e. The van der Waals surface area contributed by atoms with E-state index < -0.39 is 23.6 Å². The van der Waals surface area contributed by atoms with E-state index in [0.29, 0.717) is 76.1 Å². The van der Waals surface area contributed by atoms with Gasteiger partial charge in [-0.3, -0.25) is 14.8 Å². The van der Waals surface area contributed by atoms with Crippen molar-refractivity contribution in [2.45, 2.75) is 19.0 Å². The summed E-state index contributed by atoms with van der Waals surface area (Å²) in [6.07, 6.45) is 1.67. The highest BCUT2D eigenvalue weighted by Gasteiger charge is 2.42. The van der Waals surface area contributed by atoms with Crippen LogP contribution in [0.5, 0.6) is 0 Å². The number of aliphatic imine (C=N–C) groups is 1. The van der Waals surface area contributed by atoms with Gasteiger partial charge in [0.05, 0.1) is 18.2 Å². The topological polar surface area (TPSA) is 111 Å². The molecule has 2 fully saturated rings. The number of piperazine rings is 1. The molecule has 268 valence electrons. The van der Waals surface area contributed by atoms with E-state index in [2.05, 4.69) is 21.8 Å². The van der Waals surface area contributed by atoms with Crippen molar-refractivity contribution in [3.05, 3.63) is 122 Å². The zero-order valence-corrected chi connectivity index (χ0v) is 30.1. The zero-order valence-electron chi connectivity index (χ0n) is 27.8. The number of carbonyl (C=O) groups excluding carboxylic acids is 2. The summed E-state index contributed by atoms with van der Waals surface area (Å²) in [4.78, 5) is 42.0. The van der Waals surface area contributed by atoms with Crippen LogP contribution in [-0.4, -0.2) is 83.1 Å². The number of aromatic nitrogens is 1. The predicted molar refractivity (Wildman–Crippen MR) is 198 cm³/mol. The van der Waals surface area contributed by atoms with Crippen LogP contribution >= 0.6 is 34.5 Å². The van der Waals surface area contributed by atoms with Crippen LogP contribution in [0.4, 0.5) is 19.3 Å². The molecule has 0 radical (unpaired) electrons. The van der Waals surface area contributed by atoms with Gasteiger partial charge in [0.1, 0.15) is 23.4 Å². The second-order valence-electron chi connectivity index (χ2n) is 12.4. The van der Waals surface area contributed by atoms with Crippen molar-refractivity contribution in [1.82, 2.24) is 20.1 Å². The molecular weight excluding hydrogens is 733 g/mol. The molecule has 4 heterocycles. The lowest BCUT2D eigenvalue weighted by Crippen LogP contribution is -2.53. The van der Waals surface area contributed by atoms with Crippen LogP contribution in [0.1, 0.15) is 29.1 Å². The number of halogens is 4. The maximum atomic E-state index is 15.5. The highest BCUT2D eigenvalue weighted by atomic mass is 35.5. The summed E-state index contributed by atoms with van der Waals surface area (Å²) in [5.41, 5.74) is 2.05. The predicted octanol–water partition coefficient (Wildman–Crippen LogP) is 7.46. The lowest BCUT2D eigenvalue weighted by molar-refractivity contribution is -0.139. The van der Waals surface area contributed by atoms with E-state index in [9.17, 15) is 19.1 Å². The number of carbonyl (C=O) groups is 2. The fourth-order valence-electron chi connectivity index (χ4n) is 6.73. The molecule has 0 spiro atoms. The lowest BCUT2D eigenvalue weighted by Gasteiger charge is -2.38. The summed E-state index contributed by atoms with van der Waals surface area (Å²) in [5.74, 6) is -1.76. The second-order valence-corrected chi connectivity index (χ2v) is 14.1. The molecule has 2 amide bonds. The average molecular weight is 766 g/mol. The fraction of sp³-hybridized carbons (Fsp3) is 0.243. The molecule has 2 N–H and O–H groups in total. The highest BCUT2D eigenvalue weighted by Crippen LogP contribution is 2.38. The summed E-state index contributed by atoms with van der Waals surface area (Å²) >= 11 is 14.3. The number of fused-ring (bicyclic) bond motifs is 1. The number of nitrogens with one attached hydrogen (secondary N) is 1. The lowest BCUT2D eigenvalue weighted by atomic mass is 9.95. The van der Waals surface area contributed by atoms with Crippen LogP contribution in [0, 0.1) is 11.6 Å². The van der Waals surface area contributed by atoms with Crippen molar-refractivity contribution in [3.63, 3.8) is 0 Å². The van der Waals surface area contributed by atoms with Crippen LogP contribution < -0.4 is 10.2 Å². The van der Waals surface area contributed by atoms with Gasteiger partial charge in [-0.1, -0.05) is 48.0 Å². The molecule has 0 aliphatic carbocycles. The third-order valence-electron chi connectivity index (χ3n) is 9.19. The molecule has 10 nitrogen and oxygen atoms in total. The smallest absolute Gasteiger partial charge is 0.338 e. The summed E-state index contributed by atoms with van der Waals surface area (Å²) in [6, 6.07) is 11.9. The first-order chi connectivity index (χ1) is 25.0. The molecule has 7 rings (SSSR count). The molecule has 4 aromatic rings. The highest BCUT2D eigenvalue weighted by molar-refractivity contribution is 7.11. The SMILES string of the molecule is C=C(O)c1ccc(-c2ccc(N3C[C@@H]4CN(CC5=C(C(=O)OCC)[C@H](c6ccc(Cl)cc6Cl)N=C(c6nccs6)N5)CCN4C3=O)cc2F)c(F)c1. The van der Waals surface area contributed by atoms with Gasteiger partial charge in [-0.15, -0.1) is 11.3 Å². The van der Waals surface area contributed by atoms with Crippen LogP contribution in [0.3, 0.4) is 0 Å². The quantitative estimate of drug-likeness (QED) is 0.135. The van der Waals surface area contributed by atoms with Gasteiger partial charge in [0.25, 0.3) is 0 Å². The summed E-state index contributed by atoms with van der Waals surface area (Å²) in [6.45, 7) is 7.24. The molecule has 2 atom stereocenters. The van der Waals surface area contributed by atoms with Gasteiger partial charge in [0, 0.05) is 88.0 Å². The number of esters is 1. The van der Waals surface area contributed by atoms with E-state index in [-0.39, 0.29) is 41.1 Å². The van der Waals surface area contributed by atoms with Gasteiger partial charge < -0.3 is 20.1 Å². The second kappa shape index (κ2) is 14.7. The third kappa shape index (κ3) is 6.88. The Kier molecular flexibility index (Phi) is 10.0. The Bertz CT molecular complexity index is 2150. The van der Waals surface area contributed by atoms with E-state index in [1.807, 2.05) is 5.38 Å². The molecule has 3 aliphatic heterocycles. The summed E-state index contributed by atoms with van der Waals surface area (Å²) in [5, 5.41) is 16.2. The van der Waals surface area contributed by atoms with Crippen LogP contribution in [0.15, 0.2) is 89.0 Å². The molecule has 0 bridgehead atoms. The molecule has 0 unspecified atom stereocenters. The Morgan fingerprint density at radius 2 is 1.85 bits per heavy atom. The number of amidine groups is 1. The van der Waals surface area contributed by atoms with E-state index in [1.54, 1.807) is 42.3 Å². The number of anilines is 1. The van der Waals surface area contributed by atoms with E-state index in [0.717, 1.165) is 6.07 Å². The third-order valence-corrected chi connectivity index (χ3v) is 10.5. The number of aliphatic hydroxyl groups is 1. The van der Waals surface area contributed by atoms with Crippen LogP contribution in [0.2, 0.25) is 10.0 Å². The number of benzene rings is 3. The number of ether oxygens (including phenoxy) is 1. The molecule has 1 aromatic heterocycles.